The lowest BCUT2D eigenvalue weighted by atomic mass is 9.95. The quantitative estimate of drug-likeness (QED) is 0.172. The summed E-state index contributed by atoms with van der Waals surface area (Å²) in [6.45, 7) is 5.37. The lowest BCUT2D eigenvalue weighted by Gasteiger charge is -2.31. The molecule has 3 fully saturated rings. The number of halogens is 6. The van der Waals surface area contributed by atoms with Gasteiger partial charge in [0, 0.05) is 55.7 Å². The van der Waals surface area contributed by atoms with Crippen molar-refractivity contribution in [2.45, 2.75) is 49.6 Å². The van der Waals surface area contributed by atoms with E-state index in [-0.39, 0.29) is 73.8 Å². The van der Waals surface area contributed by atoms with Gasteiger partial charge in [0.2, 0.25) is 5.91 Å². The van der Waals surface area contributed by atoms with Crippen LogP contribution in [0.4, 0.5) is 32.9 Å². The van der Waals surface area contributed by atoms with Crippen LogP contribution < -0.4 is 15.4 Å². The Balaban J connectivity index is 1.41. The molecule has 3 aliphatic rings. The maximum absolute atomic E-state index is 14.9. The van der Waals surface area contributed by atoms with Gasteiger partial charge < -0.3 is 20.3 Å². The van der Waals surface area contributed by atoms with Gasteiger partial charge in [-0.25, -0.2) is 13.8 Å². The van der Waals surface area contributed by atoms with Crippen LogP contribution in [0.1, 0.15) is 31.2 Å². The largest absolute Gasteiger partial charge is 0.461 e. The minimum absolute atomic E-state index is 0.000847. The smallest absolute Gasteiger partial charge is 0.417 e. The Labute approximate surface area is 281 Å². The molecule has 0 radical (unpaired) electrons. The second-order valence-corrected chi connectivity index (χ2v) is 14.0. The number of likely N-dealkylation sites (tertiary alicyclic amines) is 1. The Hall–Kier alpha value is -3.82. The number of benzene rings is 2. The molecular weight excluding hydrogens is 677 g/mol. The number of rotatable bonds is 7. The highest BCUT2D eigenvalue weighted by Crippen LogP contribution is 2.49. The monoisotopic (exact) mass is 707 g/mol. The predicted octanol–water partition coefficient (Wildman–Crippen LogP) is 6.48. The van der Waals surface area contributed by atoms with Crippen molar-refractivity contribution in [2.24, 2.45) is 0 Å². The maximum atomic E-state index is 14.9. The number of amides is 1. The van der Waals surface area contributed by atoms with Crippen LogP contribution in [-0.4, -0.2) is 88.2 Å². The van der Waals surface area contributed by atoms with Gasteiger partial charge in [-0.05, 0) is 50.1 Å². The lowest BCUT2D eigenvalue weighted by molar-refractivity contribution is -0.137. The molecule has 0 spiro atoms. The molecule has 16 heteroatoms. The molecule has 48 heavy (non-hydrogen) atoms. The summed E-state index contributed by atoms with van der Waals surface area (Å²) >= 11 is 7.74. The van der Waals surface area contributed by atoms with Crippen LogP contribution in [0.2, 0.25) is 5.02 Å². The molecule has 0 unspecified atom stereocenters. The van der Waals surface area contributed by atoms with E-state index in [1.807, 2.05) is 0 Å². The Morgan fingerprint density at radius 3 is 2.79 bits per heavy atom. The summed E-state index contributed by atoms with van der Waals surface area (Å²) in [5.74, 6) is -0.825. The third kappa shape index (κ3) is 5.49. The molecule has 9 nitrogen and oxygen atoms in total. The first-order chi connectivity index (χ1) is 22.8. The SMILES string of the molecule is C=CC(=O)N1CC[C@@H](N(C)c2nc(OC[C@@]34CCCN3C[C@H](F)C4)nc3c(Cl)c(-c4ccc(F)c5sc(N)nc45)c(C(F)(F)F)cc23)C1. The standard InChI is InChI=1S/C32H31ClF5N7O2S/c1-3-22(46)44-10-7-17(14-44)43(2)28-19-11-20(32(36,37)38)23(18-5-6-21(35)27-26(18)40-29(39)48-27)24(33)25(19)41-30(42-28)47-15-31-8-4-9-45(31)13-16(34)12-31/h3,5-6,11,16-17H,1,4,7-10,12-15H2,2H3,(H2,39,40)/t16-,17-,31+/m1/s1. The number of carbonyl (C=O) groups is 1. The second kappa shape index (κ2) is 11.9. The number of alkyl halides is 4. The molecule has 2 N–H and O–H groups in total. The highest BCUT2D eigenvalue weighted by molar-refractivity contribution is 7.22. The van der Waals surface area contributed by atoms with Crippen LogP contribution in [0, 0.1) is 5.82 Å². The van der Waals surface area contributed by atoms with Crippen molar-refractivity contribution in [3.8, 4) is 17.1 Å². The van der Waals surface area contributed by atoms with E-state index in [0.717, 1.165) is 42.9 Å². The van der Waals surface area contributed by atoms with Gasteiger partial charge in [0.25, 0.3) is 0 Å². The first kappa shape index (κ1) is 32.7. The zero-order chi connectivity index (χ0) is 34.1. The summed E-state index contributed by atoms with van der Waals surface area (Å²) in [4.78, 5) is 31.0. The molecule has 4 aromatic rings. The highest BCUT2D eigenvalue weighted by atomic mass is 35.5. The number of ether oxygens (including phenoxy) is 1. The van der Waals surface area contributed by atoms with E-state index in [0.29, 0.717) is 25.9 Å². The average molecular weight is 708 g/mol. The van der Waals surface area contributed by atoms with Gasteiger partial charge in [0.05, 0.1) is 31.9 Å². The molecule has 3 aliphatic heterocycles. The third-order valence-corrected chi connectivity index (χ3v) is 11.0. The molecule has 2 aromatic heterocycles. The minimum Gasteiger partial charge on any atom is -0.461 e. The van der Waals surface area contributed by atoms with Crippen molar-refractivity contribution in [3.05, 3.63) is 47.3 Å². The van der Waals surface area contributed by atoms with Crippen molar-refractivity contribution in [1.29, 1.82) is 0 Å². The van der Waals surface area contributed by atoms with E-state index in [1.165, 1.54) is 12.1 Å². The fourth-order valence-corrected chi connectivity index (χ4v) is 8.52. The zero-order valence-corrected chi connectivity index (χ0v) is 27.4. The zero-order valence-electron chi connectivity index (χ0n) is 25.8. The number of fused-ring (bicyclic) bond motifs is 3. The number of aromatic nitrogens is 3. The number of hydrogen-bond donors (Lipinski definition) is 1. The molecule has 3 saturated heterocycles. The van der Waals surface area contributed by atoms with Crippen LogP contribution in [0.15, 0.2) is 30.9 Å². The predicted molar refractivity (Wildman–Crippen MR) is 175 cm³/mol. The lowest BCUT2D eigenvalue weighted by Crippen LogP contribution is -2.43. The molecule has 2 aromatic carbocycles. The van der Waals surface area contributed by atoms with E-state index in [1.54, 1.807) is 16.8 Å². The van der Waals surface area contributed by atoms with Gasteiger partial charge >= 0.3 is 12.2 Å². The van der Waals surface area contributed by atoms with Crippen LogP contribution >= 0.6 is 22.9 Å². The molecule has 0 aliphatic carbocycles. The summed E-state index contributed by atoms with van der Waals surface area (Å²) in [6, 6.07) is 2.72. The number of nitrogens with zero attached hydrogens (tertiary/aromatic N) is 6. The Morgan fingerprint density at radius 2 is 2.04 bits per heavy atom. The van der Waals surface area contributed by atoms with E-state index in [4.69, 9.17) is 22.1 Å². The van der Waals surface area contributed by atoms with Crippen LogP contribution in [0.5, 0.6) is 6.01 Å². The summed E-state index contributed by atoms with van der Waals surface area (Å²) in [5.41, 5.74) is 3.61. The fourth-order valence-electron chi connectivity index (χ4n) is 7.41. The van der Waals surface area contributed by atoms with Crippen molar-refractivity contribution >= 4 is 60.9 Å². The van der Waals surface area contributed by atoms with E-state index in [9.17, 15) is 26.7 Å². The molecule has 0 bridgehead atoms. The summed E-state index contributed by atoms with van der Waals surface area (Å²) in [6.07, 6.45) is -2.28. The molecule has 254 valence electrons. The van der Waals surface area contributed by atoms with Crippen molar-refractivity contribution in [2.75, 3.05) is 50.5 Å². The number of likely N-dealkylation sites (N-methyl/N-ethyl adjacent to an activating group) is 1. The third-order valence-electron chi connectivity index (χ3n) is 9.74. The average Bonchev–Trinajstić information content (AvgIpc) is 3.82. The molecule has 7 rings (SSSR count). The van der Waals surface area contributed by atoms with Crippen LogP contribution in [-0.2, 0) is 11.0 Å². The summed E-state index contributed by atoms with van der Waals surface area (Å²) in [7, 11) is 1.68. The van der Waals surface area contributed by atoms with Gasteiger partial charge in [0.1, 0.15) is 24.4 Å². The first-order valence-electron chi connectivity index (χ1n) is 15.4. The van der Waals surface area contributed by atoms with E-state index >= 15 is 0 Å². The number of thiazole rings is 1. The van der Waals surface area contributed by atoms with Gasteiger partial charge in [-0.2, -0.15) is 23.1 Å². The number of nitrogen functional groups attached to an aromatic ring is 1. The molecule has 1 amide bonds. The number of nitrogens with two attached hydrogens (primary N) is 1. The molecule has 3 atom stereocenters. The van der Waals surface area contributed by atoms with Crippen LogP contribution in [0.3, 0.4) is 0 Å². The van der Waals surface area contributed by atoms with Crippen LogP contribution in [0.25, 0.3) is 32.2 Å². The Bertz CT molecular complexity index is 1960. The van der Waals surface area contributed by atoms with E-state index in [2.05, 4.69) is 26.4 Å². The fraction of sp³-hybridized carbons (Fsp3) is 0.438. The normalized spacial score (nSPS) is 22.9. The van der Waals surface area contributed by atoms with Crippen molar-refractivity contribution in [1.82, 2.24) is 24.8 Å². The number of anilines is 2. The molecule has 5 heterocycles. The van der Waals surface area contributed by atoms with Crippen molar-refractivity contribution < 1.29 is 31.5 Å². The molecule has 0 saturated carbocycles. The van der Waals surface area contributed by atoms with Crippen molar-refractivity contribution in [3.63, 3.8) is 0 Å². The Kier molecular flexibility index (Phi) is 8.14. The van der Waals surface area contributed by atoms with Gasteiger partial charge in [0.15, 0.2) is 5.13 Å². The molecular formula is C32H31ClF5N7O2S. The highest BCUT2D eigenvalue weighted by Gasteiger charge is 2.49. The maximum Gasteiger partial charge on any atom is 0.417 e. The topological polar surface area (TPSA) is 101 Å². The van der Waals surface area contributed by atoms with Gasteiger partial charge in [-0.15, -0.1) is 0 Å². The summed E-state index contributed by atoms with van der Waals surface area (Å²) < 4.78 is 80.2. The Morgan fingerprint density at radius 1 is 1.25 bits per heavy atom. The number of hydrogen-bond acceptors (Lipinski definition) is 9. The van der Waals surface area contributed by atoms with Gasteiger partial charge in [-0.1, -0.05) is 29.5 Å². The first-order valence-corrected chi connectivity index (χ1v) is 16.6. The number of carbonyl (C=O) groups excluding carboxylic acids is 1. The van der Waals surface area contributed by atoms with Gasteiger partial charge in [-0.3, -0.25) is 9.69 Å². The minimum atomic E-state index is -4.91. The summed E-state index contributed by atoms with van der Waals surface area (Å²) in [5, 5.41) is -0.380. The van der Waals surface area contributed by atoms with E-state index < -0.39 is 34.8 Å². The second-order valence-electron chi connectivity index (χ2n) is 12.6.